The molecule has 1 aliphatic heterocycles. The smallest absolute Gasteiger partial charge is 0.253 e. The number of aryl methyl sites for hydroxylation is 1. The second kappa shape index (κ2) is 10.1. The van der Waals surface area contributed by atoms with Crippen molar-refractivity contribution in [3.05, 3.63) is 69.9 Å². The molecule has 3 aromatic rings. The Bertz CT molecular complexity index is 1070. The van der Waals surface area contributed by atoms with Crippen LogP contribution in [0.3, 0.4) is 0 Å². The molecule has 8 heteroatoms. The van der Waals surface area contributed by atoms with Gasteiger partial charge in [0.25, 0.3) is 5.56 Å². The van der Waals surface area contributed by atoms with Crippen LogP contribution in [0.4, 0.5) is 0 Å². The van der Waals surface area contributed by atoms with Gasteiger partial charge in [-0.25, -0.2) is 0 Å². The molecule has 0 saturated carbocycles. The zero-order valence-corrected chi connectivity index (χ0v) is 18.5. The fraction of sp³-hybridized carbons (Fsp3) is 0.391. The lowest BCUT2D eigenvalue weighted by Gasteiger charge is -2.31. The molecule has 164 valence electrons. The summed E-state index contributed by atoms with van der Waals surface area (Å²) in [6, 6.07) is 11.8. The Kier molecular flexibility index (Phi) is 7.01. The maximum atomic E-state index is 12.7. The normalized spacial score (nSPS) is 14.6. The molecule has 7 nitrogen and oxygen atoms in total. The number of rotatable bonds is 7. The molecule has 1 aliphatic rings. The van der Waals surface area contributed by atoms with E-state index in [1.54, 1.807) is 6.26 Å². The van der Waals surface area contributed by atoms with Crippen molar-refractivity contribution in [3.8, 4) is 0 Å². The molecule has 2 N–H and O–H groups in total. The van der Waals surface area contributed by atoms with E-state index < -0.39 is 0 Å². The summed E-state index contributed by atoms with van der Waals surface area (Å²) in [6.45, 7) is 7.90. The molecule has 0 amide bonds. The molecular weight excluding hydrogens is 412 g/mol. The number of fused-ring (bicyclic) bond motifs is 1. The van der Waals surface area contributed by atoms with Crippen LogP contribution in [0.5, 0.6) is 0 Å². The number of ether oxygens (including phenoxy) is 1. The molecule has 1 aromatic carbocycles. The zero-order chi connectivity index (χ0) is 21.6. The predicted octanol–water partition coefficient (Wildman–Crippen LogP) is 2.64. The van der Waals surface area contributed by atoms with Gasteiger partial charge in [-0.15, -0.1) is 0 Å². The van der Waals surface area contributed by atoms with E-state index in [9.17, 15) is 4.79 Å². The van der Waals surface area contributed by atoms with E-state index in [0.717, 1.165) is 61.6 Å². The minimum absolute atomic E-state index is 0.0819. The van der Waals surface area contributed by atoms with Crippen LogP contribution in [0.15, 0.2) is 51.9 Å². The summed E-state index contributed by atoms with van der Waals surface area (Å²) in [5, 5.41) is 4.90. The number of nitrogens with zero attached hydrogens (tertiary/aromatic N) is 2. The topological polar surface area (TPSA) is 73.7 Å². The molecule has 4 rings (SSSR count). The third-order valence-corrected chi connectivity index (χ3v) is 5.91. The molecule has 0 unspecified atom stereocenters. The number of aromatic nitrogens is 1. The van der Waals surface area contributed by atoms with Gasteiger partial charge in [0, 0.05) is 37.3 Å². The third-order valence-electron chi connectivity index (χ3n) is 5.51. The van der Waals surface area contributed by atoms with Crippen molar-refractivity contribution in [1.82, 2.24) is 20.1 Å². The second-order valence-electron chi connectivity index (χ2n) is 7.83. The number of hydrogen-bond acceptors (Lipinski definition) is 5. The molecule has 0 bridgehead atoms. The molecule has 0 spiro atoms. The number of hydrogen-bond donors (Lipinski definition) is 2. The highest BCUT2D eigenvalue weighted by atomic mass is 32.1. The van der Waals surface area contributed by atoms with Crippen LogP contribution in [-0.4, -0.2) is 59.3 Å². The molecule has 1 saturated heterocycles. The van der Waals surface area contributed by atoms with E-state index in [0.29, 0.717) is 23.8 Å². The van der Waals surface area contributed by atoms with Crippen LogP contribution in [0.25, 0.3) is 10.9 Å². The molecule has 0 aliphatic carbocycles. The first-order valence-electron chi connectivity index (χ1n) is 10.6. The Hall–Kier alpha value is -2.68. The fourth-order valence-corrected chi connectivity index (χ4v) is 3.95. The summed E-state index contributed by atoms with van der Waals surface area (Å²) < 4.78 is 10.8. The molecule has 0 radical (unpaired) electrons. The van der Waals surface area contributed by atoms with Crippen LogP contribution in [0, 0.1) is 6.92 Å². The van der Waals surface area contributed by atoms with E-state index in [2.05, 4.69) is 26.2 Å². The average molecular weight is 441 g/mol. The largest absolute Gasteiger partial charge is 0.467 e. The van der Waals surface area contributed by atoms with Crippen molar-refractivity contribution in [2.45, 2.75) is 20.0 Å². The highest BCUT2D eigenvalue weighted by Crippen LogP contribution is 2.14. The maximum Gasteiger partial charge on any atom is 0.253 e. The van der Waals surface area contributed by atoms with Gasteiger partial charge < -0.3 is 24.4 Å². The molecule has 1 fully saturated rings. The maximum absolute atomic E-state index is 12.7. The monoisotopic (exact) mass is 440 g/mol. The Morgan fingerprint density at radius 3 is 2.87 bits per heavy atom. The van der Waals surface area contributed by atoms with E-state index >= 15 is 0 Å². The summed E-state index contributed by atoms with van der Waals surface area (Å²) >= 11 is 5.69. The van der Waals surface area contributed by atoms with Crippen LogP contribution >= 0.6 is 12.2 Å². The predicted molar refractivity (Wildman–Crippen MR) is 125 cm³/mol. The van der Waals surface area contributed by atoms with E-state index in [1.165, 1.54) is 0 Å². The number of pyridine rings is 1. The van der Waals surface area contributed by atoms with Crippen LogP contribution in [0.1, 0.15) is 16.9 Å². The average Bonchev–Trinajstić information content (AvgIpc) is 3.30. The van der Waals surface area contributed by atoms with Gasteiger partial charge in [0.2, 0.25) is 0 Å². The Labute approximate surface area is 187 Å². The van der Waals surface area contributed by atoms with Crippen molar-refractivity contribution in [1.29, 1.82) is 0 Å². The van der Waals surface area contributed by atoms with Gasteiger partial charge in [-0.2, -0.15) is 0 Å². The van der Waals surface area contributed by atoms with E-state index in [-0.39, 0.29) is 5.56 Å². The van der Waals surface area contributed by atoms with Crippen molar-refractivity contribution in [2.24, 2.45) is 0 Å². The number of furan rings is 1. The molecule has 2 aromatic heterocycles. The number of morpholine rings is 1. The second-order valence-corrected chi connectivity index (χ2v) is 8.21. The lowest BCUT2D eigenvalue weighted by atomic mass is 10.1. The Morgan fingerprint density at radius 2 is 2.10 bits per heavy atom. The molecule has 0 atom stereocenters. The third kappa shape index (κ3) is 5.72. The van der Waals surface area contributed by atoms with E-state index in [1.807, 2.05) is 37.3 Å². The Morgan fingerprint density at radius 1 is 1.26 bits per heavy atom. The van der Waals surface area contributed by atoms with E-state index in [4.69, 9.17) is 21.4 Å². The number of thiocarbonyl (C=S) groups is 1. The first-order chi connectivity index (χ1) is 15.1. The lowest BCUT2D eigenvalue weighted by Crippen LogP contribution is -2.46. The molecular formula is C23H28N4O3S. The van der Waals surface area contributed by atoms with Crippen molar-refractivity contribution in [3.63, 3.8) is 0 Å². The summed E-state index contributed by atoms with van der Waals surface area (Å²) in [5.74, 6) is 0.814. The first kappa shape index (κ1) is 21.5. The van der Waals surface area contributed by atoms with Gasteiger partial charge in [0.1, 0.15) is 5.76 Å². The van der Waals surface area contributed by atoms with Gasteiger partial charge in [0.05, 0.1) is 32.6 Å². The minimum Gasteiger partial charge on any atom is -0.467 e. The van der Waals surface area contributed by atoms with Gasteiger partial charge in [0.15, 0.2) is 5.11 Å². The summed E-state index contributed by atoms with van der Waals surface area (Å²) in [4.78, 5) is 20.2. The van der Waals surface area contributed by atoms with Crippen molar-refractivity contribution < 1.29 is 9.15 Å². The van der Waals surface area contributed by atoms with Gasteiger partial charge in [-0.3, -0.25) is 9.69 Å². The molecule has 3 heterocycles. The standard InChI is InChI=1S/C23H28N4O3S/c1-17-4-5-21-18(13-17)14-19(22(28)25-21)16-27(7-6-26-8-11-29-12-9-26)23(31)24-15-20-3-2-10-30-20/h2-5,10,13-14H,6-9,11-12,15-16H2,1H3,(H,24,31)(H,25,28). The summed E-state index contributed by atoms with van der Waals surface area (Å²) in [6.07, 6.45) is 1.65. The van der Waals surface area contributed by atoms with Crippen molar-refractivity contribution >= 4 is 28.2 Å². The van der Waals surface area contributed by atoms with Gasteiger partial charge >= 0.3 is 0 Å². The number of nitrogens with one attached hydrogen (secondary N) is 2. The first-order valence-corrected chi connectivity index (χ1v) is 11.0. The quantitative estimate of drug-likeness (QED) is 0.547. The van der Waals surface area contributed by atoms with Gasteiger partial charge in [-0.05, 0) is 54.9 Å². The highest BCUT2D eigenvalue weighted by molar-refractivity contribution is 7.80. The SMILES string of the molecule is Cc1ccc2[nH]c(=O)c(CN(CCN3CCOCC3)C(=S)NCc3ccco3)cc2c1. The fourth-order valence-electron chi connectivity index (χ4n) is 3.72. The number of aromatic amines is 1. The van der Waals surface area contributed by atoms with Crippen LogP contribution in [0.2, 0.25) is 0 Å². The van der Waals surface area contributed by atoms with Gasteiger partial charge in [-0.1, -0.05) is 11.6 Å². The van der Waals surface area contributed by atoms with Crippen LogP contribution < -0.4 is 10.9 Å². The summed E-state index contributed by atoms with van der Waals surface area (Å²) in [5.41, 5.74) is 2.62. The van der Waals surface area contributed by atoms with Crippen LogP contribution in [-0.2, 0) is 17.8 Å². The summed E-state index contributed by atoms with van der Waals surface area (Å²) in [7, 11) is 0. The van der Waals surface area contributed by atoms with Crippen molar-refractivity contribution in [2.75, 3.05) is 39.4 Å². The zero-order valence-electron chi connectivity index (χ0n) is 17.7. The highest BCUT2D eigenvalue weighted by Gasteiger charge is 2.17. The molecule has 31 heavy (non-hydrogen) atoms. The number of benzene rings is 1. The minimum atomic E-state index is -0.0819. The Balaban J connectivity index is 1.50. The number of H-pyrrole nitrogens is 1. The lowest BCUT2D eigenvalue weighted by molar-refractivity contribution is 0.0357.